The van der Waals surface area contributed by atoms with E-state index in [-0.39, 0.29) is 16.9 Å². The monoisotopic (exact) mass is 259 g/mol. The highest BCUT2D eigenvalue weighted by molar-refractivity contribution is 5.54. The van der Waals surface area contributed by atoms with Gasteiger partial charge in [-0.15, -0.1) is 0 Å². The minimum atomic E-state index is 0.0301. The van der Waals surface area contributed by atoms with Crippen molar-refractivity contribution in [2.75, 3.05) is 6.54 Å². The second-order valence-corrected chi connectivity index (χ2v) is 6.48. The molecule has 1 saturated heterocycles. The van der Waals surface area contributed by atoms with Gasteiger partial charge in [-0.1, -0.05) is 18.9 Å². The summed E-state index contributed by atoms with van der Waals surface area (Å²) in [7, 11) is 0. The van der Waals surface area contributed by atoms with E-state index in [4.69, 9.17) is 0 Å². The van der Waals surface area contributed by atoms with Gasteiger partial charge < -0.3 is 15.5 Å². The van der Waals surface area contributed by atoms with Crippen LogP contribution >= 0.6 is 0 Å². The molecule has 1 aliphatic heterocycles. The lowest BCUT2D eigenvalue weighted by atomic mass is 9.53. The quantitative estimate of drug-likeness (QED) is 0.627. The fourth-order valence-corrected chi connectivity index (χ4v) is 4.99. The van der Waals surface area contributed by atoms with Crippen LogP contribution in [0, 0.1) is 5.92 Å². The predicted octanol–water partition coefficient (Wildman–Crippen LogP) is 2.44. The van der Waals surface area contributed by atoms with E-state index in [1.165, 1.54) is 37.7 Å². The fourth-order valence-electron chi connectivity index (χ4n) is 4.99. The molecule has 0 radical (unpaired) electrons. The first-order valence-corrected chi connectivity index (χ1v) is 7.50. The summed E-state index contributed by atoms with van der Waals surface area (Å²) in [5.74, 6) is 0.864. The van der Waals surface area contributed by atoms with Crippen LogP contribution in [-0.4, -0.2) is 22.8 Å². The molecule has 102 valence electrons. The van der Waals surface area contributed by atoms with Crippen molar-refractivity contribution in [3.63, 3.8) is 0 Å². The van der Waals surface area contributed by atoms with Gasteiger partial charge in [-0.3, -0.25) is 0 Å². The SMILES string of the molecule is Oc1ccc2c(c1O)C[C@H]1NCC[C@@]23CCCC[C@@H]13. The van der Waals surface area contributed by atoms with E-state index >= 15 is 0 Å². The molecule has 0 aromatic heterocycles. The van der Waals surface area contributed by atoms with Crippen LogP contribution in [0.4, 0.5) is 0 Å². The lowest BCUT2D eigenvalue weighted by Gasteiger charge is -2.56. The number of piperidine rings is 1. The lowest BCUT2D eigenvalue weighted by molar-refractivity contribution is 0.0786. The first kappa shape index (κ1) is 11.6. The van der Waals surface area contributed by atoms with Gasteiger partial charge in [0.1, 0.15) is 0 Å². The Hall–Kier alpha value is -1.22. The summed E-state index contributed by atoms with van der Waals surface area (Å²) < 4.78 is 0. The van der Waals surface area contributed by atoms with Crippen molar-refractivity contribution in [2.24, 2.45) is 5.92 Å². The molecule has 1 aromatic rings. The van der Waals surface area contributed by atoms with E-state index < -0.39 is 0 Å². The minimum Gasteiger partial charge on any atom is -0.504 e. The average molecular weight is 259 g/mol. The largest absolute Gasteiger partial charge is 0.504 e. The van der Waals surface area contributed by atoms with Gasteiger partial charge in [0, 0.05) is 17.0 Å². The van der Waals surface area contributed by atoms with Gasteiger partial charge in [-0.2, -0.15) is 0 Å². The summed E-state index contributed by atoms with van der Waals surface area (Å²) in [4.78, 5) is 0. The van der Waals surface area contributed by atoms with Crippen molar-refractivity contribution in [1.29, 1.82) is 0 Å². The van der Waals surface area contributed by atoms with Crippen molar-refractivity contribution in [1.82, 2.24) is 5.32 Å². The van der Waals surface area contributed by atoms with Gasteiger partial charge in [0.05, 0.1) is 0 Å². The number of fused-ring (bicyclic) bond motifs is 1. The number of phenols is 2. The summed E-state index contributed by atoms with van der Waals surface area (Å²) in [6.45, 7) is 1.09. The van der Waals surface area contributed by atoms with Crippen LogP contribution in [0.1, 0.15) is 43.2 Å². The Bertz CT molecular complexity index is 524. The molecule has 0 amide bonds. The molecule has 1 saturated carbocycles. The van der Waals surface area contributed by atoms with Crippen LogP contribution in [0.5, 0.6) is 11.5 Å². The molecule has 3 atom stereocenters. The third-order valence-electron chi connectivity index (χ3n) is 5.78. The molecule has 3 aliphatic rings. The summed E-state index contributed by atoms with van der Waals surface area (Å²) in [5, 5.41) is 23.6. The first-order valence-electron chi connectivity index (χ1n) is 7.50. The smallest absolute Gasteiger partial charge is 0.161 e. The number of nitrogens with one attached hydrogen (secondary N) is 1. The van der Waals surface area contributed by atoms with Gasteiger partial charge in [0.25, 0.3) is 0 Å². The van der Waals surface area contributed by atoms with Gasteiger partial charge in [-0.05, 0) is 49.8 Å². The maximum atomic E-state index is 10.2. The summed E-state index contributed by atoms with van der Waals surface area (Å²) >= 11 is 0. The Morgan fingerprint density at radius 1 is 1.16 bits per heavy atom. The van der Waals surface area contributed by atoms with E-state index in [0.717, 1.165) is 18.5 Å². The van der Waals surface area contributed by atoms with Crippen molar-refractivity contribution in [3.8, 4) is 11.5 Å². The zero-order valence-corrected chi connectivity index (χ0v) is 11.2. The second-order valence-electron chi connectivity index (χ2n) is 6.48. The topological polar surface area (TPSA) is 52.5 Å². The van der Waals surface area contributed by atoms with Gasteiger partial charge >= 0.3 is 0 Å². The molecule has 2 bridgehead atoms. The zero-order valence-electron chi connectivity index (χ0n) is 11.2. The number of benzene rings is 1. The summed E-state index contributed by atoms with van der Waals surface area (Å²) in [5.41, 5.74) is 2.58. The number of hydrogen-bond acceptors (Lipinski definition) is 3. The summed E-state index contributed by atoms with van der Waals surface area (Å²) in [6, 6.07) is 4.23. The standard InChI is InChI=1S/C16H21NO2/c18-14-5-4-11-10(15(14)19)9-13-12-3-1-2-6-16(11,12)7-8-17-13/h4-5,12-13,17-19H,1-3,6-9H2/t12-,13+,16-/m0/s1. The van der Waals surface area contributed by atoms with E-state index in [1.807, 2.05) is 0 Å². The van der Waals surface area contributed by atoms with E-state index in [1.54, 1.807) is 6.07 Å². The molecule has 3 heteroatoms. The molecular formula is C16H21NO2. The average Bonchev–Trinajstić information content (AvgIpc) is 2.43. The Morgan fingerprint density at radius 3 is 2.95 bits per heavy atom. The van der Waals surface area contributed by atoms with Crippen molar-refractivity contribution in [3.05, 3.63) is 23.3 Å². The Morgan fingerprint density at radius 2 is 2.05 bits per heavy atom. The highest BCUT2D eigenvalue weighted by atomic mass is 16.3. The molecule has 0 spiro atoms. The molecule has 4 rings (SSSR count). The molecule has 2 aliphatic carbocycles. The Labute approximate surface area is 113 Å². The van der Waals surface area contributed by atoms with Crippen LogP contribution in [0.2, 0.25) is 0 Å². The number of phenolic OH excluding ortho intramolecular Hbond substituents is 2. The maximum absolute atomic E-state index is 10.2. The van der Waals surface area contributed by atoms with E-state index in [0.29, 0.717) is 12.0 Å². The molecule has 1 heterocycles. The third kappa shape index (κ3) is 1.42. The molecular weight excluding hydrogens is 238 g/mol. The summed E-state index contributed by atoms with van der Waals surface area (Å²) in [6.07, 6.45) is 7.22. The molecule has 2 fully saturated rings. The number of hydrogen-bond donors (Lipinski definition) is 3. The zero-order chi connectivity index (χ0) is 13.0. The third-order valence-corrected chi connectivity index (χ3v) is 5.78. The van der Waals surface area contributed by atoms with E-state index in [2.05, 4.69) is 11.4 Å². The lowest BCUT2D eigenvalue weighted by Crippen LogP contribution is -2.59. The predicted molar refractivity (Wildman–Crippen MR) is 73.5 cm³/mol. The molecule has 3 nitrogen and oxygen atoms in total. The molecule has 19 heavy (non-hydrogen) atoms. The van der Waals surface area contributed by atoms with E-state index in [9.17, 15) is 10.2 Å². The highest BCUT2D eigenvalue weighted by Crippen LogP contribution is 2.55. The Balaban J connectivity index is 1.93. The molecule has 0 unspecified atom stereocenters. The van der Waals surface area contributed by atoms with Crippen LogP contribution in [0.15, 0.2) is 12.1 Å². The number of rotatable bonds is 0. The molecule has 1 aromatic carbocycles. The van der Waals surface area contributed by atoms with Crippen LogP contribution in [0.25, 0.3) is 0 Å². The number of aromatic hydroxyl groups is 2. The van der Waals surface area contributed by atoms with Gasteiger partial charge in [0.2, 0.25) is 0 Å². The minimum absolute atomic E-state index is 0.0301. The maximum Gasteiger partial charge on any atom is 0.161 e. The van der Waals surface area contributed by atoms with Gasteiger partial charge in [0.15, 0.2) is 11.5 Å². The van der Waals surface area contributed by atoms with Crippen LogP contribution in [-0.2, 0) is 11.8 Å². The van der Waals surface area contributed by atoms with Crippen LogP contribution in [0.3, 0.4) is 0 Å². The second kappa shape index (κ2) is 3.89. The highest BCUT2D eigenvalue weighted by Gasteiger charge is 2.52. The van der Waals surface area contributed by atoms with Crippen molar-refractivity contribution in [2.45, 2.75) is 50.0 Å². The van der Waals surface area contributed by atoms with Crippen molar-refractivity contribution >= 4 is 0 Å². The fraction of sp³-hybridized carbons (Fsp3) is 0.625. The van der Waals surface area contributed by atoms with Crippen LogP contribution < -0.4 is 5.32 Å². The van der Waals surface area contributed by atoms with Gasteiger partial charge in [-0.25, -0.2) is 0 Å². The molecule has 3 N–H and O–H groups in total. The Kier molecular flexibility index (Phi) is 2.37. The normalized spacial score (nSPS) is 36.4. The van der Waals surface area contributed by atoms with Crippen molar-refractivity contribution < 1.29 is 10.2 Å². The first-order chi connectivity index (χ1) is 9.22.